The van der Waals surface area contributed by atoms with Gasteiger partial charge in [0, 0.05) is 11.1 Å². The highest BCUT2D eigenvalue weighted by atomic mass is 16.3. The second-order valence-electron chi connectivity index (χ2n) is 7.88. The fourth-order valence-electron chi connectivity index (χ4n) is 3.72. The Labute approximate surface area is 181 Å². The summed E-state index contributed by atoms with van der Waals surface area (Å²) >= 11 is 0. The smallest absolute Gasteiger partial charge is 0.296 e. The van der Waals surface area contributed by atoms with Crippen LogP contribution in [0.4, 0.5) is 5.69 Å². The number of anilines is 1. The van der Waals surface area contributed by atoms with Gasteiger partial charge in [-0.05, 0) is 48.2 Å². The van der Waals surface area contributed by atoms with Gasteiger partial charge in [0.05, 0.1) is 5.69 Å². The van der Waals surface area contributed by atoms with Gasteiger partial charge in [0.2, 0.25) is 0 Å². The summed E-state index contributed by atoms with van der Waals surface area (Å²) in [4.78, 5) is 19.2. The van der Waals surface area contributed by atoms with Crippen molar-refractivity contribution in [1.29, 1.82) is 0 Å². The van der Waals surface area contributed by atoms with Crippen molar-refractivity contribution >= 4 is 23.5 Å². The minimum Gasteiger partial charge on any atom is -0.508 e. The molecule has 0 unspecified atom stereocenters. The van der Waals surface area contributed by atoms with Crippen LogP contribution in [0.2, 0.25) is 0 Å². The van der Waals surface area contributed by atoms with Crippen molar-refractivity contribution in [3.05, 3.63) is 94.7 Å². The predicted molar refractivity (Wildman–Crippen MR) is 123 cm³/mol. The lowest BCUT2D eigenvalue weighted by Crippen LogP contribution is -2.28. The Hall–Kier alpha value is -3.86. The number of aryl methyl sites for hydroxylation is 1. The van der Waals surface area contributed by atoms with Gasteiger partial charge in [-0.1, -0.05) is 62.4 Å². The summed E-state index contributed by atoms with van der Waals surface area (Å²) in [5.74, 6) is 0.532. The summed E-state index contributed by atoms with van der Waals surface area (Å²) < 4.78 is 0. The molecule has 3 aromatic carbocycles. The highest BCUT2D eigenvalue weighted by Crippen LogP contribution is 2.38. The quantitative estimate of drug-likeness (QED) is 0.566. The van der Waals surface area contributed by atoms with Crippen molar-refractivity contribution < 1.29 is 15.0 Å². The number of benzene rings is 3. The number of para-hydroxylation sites is 1. The lowest BCUT2D eigenvalue weighted by Gasteiger charge is -2.25. The molecule has 0 fully saturated rings. The van der Waals surface area contributed by atoms with Crippen LogP contribution in [-0.4, -0.2) is 22.0 Å². The van der Waals surface area contributed by atoms with Crippen LogP contribution in [-0.2, 0) is 4.79 Å². The second kappa shape index (κ2) is 8.11. The molecule has 4 rings (SSSR count). The van der Waals surface area contributed by atoms with Gasteiger partial charge in [0.25, 0.3) is 5.91 Å². The minimum absolute atomic E-state index is 0.0845. The molecule has 3 aromatic rings. The third-order valence-corrected chi connectivity index (χ3v) is 5.35. The van der Waals surface area contributed by atoms with Crippen molar-refractivity contribution in [2.75, 3.05) is 4.90 Å². The zero-order chi connectivity index (χ0) is 22.1. The number of hydrogen-bond acceptors (Lipinski definition) is 4. The first-order valence-corrected chi connectivity index (χ1v) is 10.2. The first-order chi connectivity index (χ1) is 14.9. The molecule has 0 aliphatic carbocycles. The van der Waals surface area contributed by atoms with Crippen LogP contribution in [0.15, 0.2) is 77.4 Å². The predicted octanol–water partition coefficient (Wildman–Crippen LogP) is 5.36. The van der Waals surface area contributed by atoms with Gasteiger partial charge in [-0.15, -0.1) is 0 Å². The number of aliphatic imine (C=N–C) groups is 1. The molecule has 31 heavy (non-hydrogen) atoms. The highest BCUT2D eigenvalue weighted by molar-refractivity contribution is 6.28. The van der Waals surface area contributed by atoms with Crippen molar-refractivity contribution in [3.8, 4) is 11.5 Å². The van der Waals surface area contributed by atoms with E-state index in [1.807, 2.05) is 62.1 Å². The van der Waals surface area contributed by atoms with Crippen molar-refractivity contribution in [1.82, 2.24) is 0 Å². The van der Waals surface area contributed by atoms with Crippen molar-refractivity contribution in [2.45, 2.75) is 26.7 Å². The molecule has 156 valence electrons. The topological polar surface area (TPSA) is 73.1 Å². The van der Waals surface area contributed by atoms with Crippen LogP contribution in [0.5, 0.6) is 11.5 Å². The SMILES string of the molecule is Cc1cc(O)c(C(C)C)cc1N1C(=Cc2ccccc2O)C(=O)N=C1c1ccccc1. The lowest BCUT2D eigenvalue weighted by atomic mass is 9.98. The van der Waals surface area contributed by atoms with E-state index in [0.717, 1.165) is 22.4 Å². The molecule has 0 aromatic heterocycles. The van der Waals surface area contributed by atoms with Gasteiger partial charge in [0.1, 0.15) is 23.0 Å². The largest absolute Gasteiger partial charge is 0.508 e. The van der Waals surface area contributed by atoms with E-state index in [4.69, 9.17) is 0 Å². The fraction of sp³-hybridized carbons (Fsp3) is 0.154. The van der Waals surface area contributed by atoms with Gasteiger partial charge in [-0.25, -0.2) is 0 Å². The Morgan fingerprint density at radius 3 is 2.29 bits per heavy atom. The Bertz CT molecular complexity index is 1210. The summed E-state index contributed by atoms with van der Waals surface area (Å²) in [7, 11) is 0. The minimum atomic E-state index is -0.388. The molecule has 0 radical (unpaired) electrons. The zero-order valence-corrected chi connectivity index (χ0v) is 17.7. The van der Waals surface area contributed by atoms with Crippen LogP contribution < -0.4 is 4.90 Å². The average Bonchev–Trinajstić information content (AvgIpc) is 3.06. The molecule has 1 heterocycles. The summed E-state index contributed by atoms with van der Waals surface area (Å²) in [6.45, 7) is 5.91. The number of phenols is 2. The molecule has 0 bridgehead atoms. The number of aromatic hydroxyl groups is 2. The zero-order valence-electron chi connectivity index (χ0n) is 17.7. The molecule has 0 spiro atoms. The Morgan fingerprint density at radius 2 is 1.61 bits per heavy atom. The van der Waals surface area contributed by atoms with Gasteiger partial charge in [0.15, 0.2) is 0 Å². The van der Waals surface area contributed by atoms with Crippen molar-refractivity contribution in [3.63, 3.8) is 0 Å². The van der Waals surface area contributed by atoms with Crippen LogP contribution >= 0.6 is 0 Å². The van der Waals surface area contributed by atoms with Crippen molar-refractivity contribution in [2.24, 2.45) is 4.99 Å². The van der Waals surface area contributed by atoms with E-state index in [0.29, 0.717) is 17.1 Å². The van der Waals surface area contributed by atoms with Crippen LogP contribution in [0.3, 0.4) is 0 Å². The molecule has 2 N–H and O–H groups in total. The van der Waals surface area contributed by atoms with Gasteiger partial charge in [-0.3, -0.25) is 9.69 Å². The van der Waals surface area contributed by atoms with Gasteiger partial charge < -0.3 is 10.2 Å². The summed E-state index contributed by atoms with van der Waals surface area (Å²) in [5.41, 5.74) is 4.02. The molecular weight excluding hydrogens is 388 g/mol. The molecule has 1 amide bonds. The van der Waals surface area contributed by atoms with Gasteiger partial charge >= 0.3 is 0 Å². The maximum absolute atomic E-state index is 13.0. The van der Waals surface area contributed by atoms with E-state index in [-0.39, 0.29) is 23.3 Å². The van der Waals surface area contributed by atoms with E-state index in [1.54, 1.807) is 36.4 Å². The first kappa shape index (κ1) is 20.4. The number of carbonyl (C=O) groups is 1. The van der Waals surface area contributed by atoms with E-state index in [9.17, 15) is 15.0 Å². The maximum Gasteiger partial charge on any atom is 0.296 e. The number of carbonyl (C=O) groups excluding carboxylic acids is 1. The number of rotatable bonds is 4. The number of phenolic OH excluding ortho intramolecular Hbond substituents is 2. The van der Waals surface area contributed by atoms with E-state index >= 15 is 0 Å². The molecular formula is C26H24N2O3. The van der Waals surface area contributed by atoms with E-state index < -0.39 is 0 Å². The Kier molecular flexibility index (Phi) is 5.34. The van der Waals surface area contributed by atoms with Crippen LogP contribution in [0.25, 0.3) is 6.08 Å². The maximum atomic E-state index is 13.0. The Balaban J connectivity index is 1.95. The third kappa shape index (κ3) is 3.82. The second-order valence-corrected chi connectivity index (χ2v) is 7.88. The molecule has 1 aliphatic heterocycles. The monoisotopic (exact) mass is 412 g/mol. The standard InChI is InChI=1S/C26H24N2O3/c1-16(2)20-15-21(17(3)13-24(20)30)28-22(14-19-11-7-8-12-23(19)29)26(31)27-25(28)18-9-5-4-6-10-18/h4-16,29-30H,1-3H3. The summed E-state index contributed by atoms with van der Waals surface area (Å²) in [6, 6.07) is 20.0. The average molecular weight is 412 g/mol. The fourth-order valence-corrected chi connectivity index (χ4v) is 3.72. The molecule has 0 saturated carbocycles. The van der Waals surface area contributed by atoms with Crippen LogP contribution in [0, 0.1) is 6.92 Å². The molecule has 0 atom stereocenters. The van der Waals surface area contributed by atoms with Crippen LogP contribution in [0.1, 0.15) is 42.0 Å². The number of nitrogens with zero attached hydrogens (tertiary/aromatic N) is 2. The lowest BCUT2D eigenvalue weighted by molar-refractivity contribution is -0.113. The molecule has 1 aliphatic rings. The number of hydrogen-bond donors (Lipinski definition) is 2. The molecule has 5 nitrogen and oxygen atoms in total. The molecule has 5 heteroatoms. The Morgan fingerprint density at radius 1 is 0.935 bits per heavy atom. The normalized spacial score (nSPS) is 15.1. The number of amidine groups is 1. The third-order valence-electron chi connectivity index (χ3n) is 5.35. The summed E-state index contributed by atoms with van der Waals surface area (Å²) in [6.07, 6.45) is 1.65. The van der Waals surface area contributed by atoms with E-state index in [2.05, 4.69) is 4.99 Å². The first-order valence-electron chi connectivity index (χ1n) is 10.2. The van der Waals surface area contributed by atoms with E-state index in [1.165, 1.54) is 0 Å². The molecule has 0 saturated heterocycles. The highest BCUT2D eigenvalue weighted by Gasteiger charge is 2.33. The summed E-state index contributed by atoms with van der Waals surface area (Å²) in [5, 5.41) is 20.7. The number of amides is 1. The van der Waals surface area contributed by atoms with Gasteiger partial charge in [-0.2, -0.15) is 4.99 Å².